The lowest BCUT2D eigenvalue weighted by Gasteiger charge is -2.01. The van der Waals surface area contributed by atoms with Gasteiger partial charge in [-0.15, -0.1) is 0 Å². The molecule has 6 heteroatoms. The van der Waals surface area contributed by atoms with E-state index in [1.54, 1.807) is 0 Å². The number of hydrogen-bond acceptors (Lipinski definition) is 3. The van der Waals surface area contributed by atoms with Crippen LogP contribution in [0.5, 0.6) is 0 Å². The third kappa shape index (κ3) is 1.28. The summed E-state index contributed by atoms with van der Waals surface area (Å²) in [5, 5.41) is 17.8. The van der Waals surface area contributed by atoms with Gasteiger partial charge in [0.2, 0.25) is 0 Å². The van der Waals surface area contributed by atoms with E-state index in [-0.39, 0.29) is 6.61 Å². The molecule has 0 saturated heterocycles. The third-order valence-corrected chi connectivity index (χ3v) is 2.12. The van der Waals surface area contributed by atoms with Gasteiger partial charge in [0.15, 0.2) is 0 Å². The van der Waals surface area contributed by atoms with E-state index in [0.29, 0.717) is 11.0 Å². The zero-order chi connectivity index (χ0) is 10.3. The van der Waals surface area contributed by atoms with Crippen LogP contribution >= 0.6 is 0 Å². The molecule has 0 amide bonds. The Morgan fingerprint density at radius 2 is 2.29 bits per heavy atom. The lowest BCUT2D eigenvalue weighted by molar-refractivity contribution is 0.0692. The molecule has 0 atom stereocenters. The van der Waals surface area contributed by atoms with E-state index >= 15 is 0 Å². The second kappa shape index (κ2) is 3.07. The number of halogens is 1. The quantitative estimate of drug-likeness (QED) is 0.607. The Morgan fingerprint density at radius 3 is 2.93 bits per heavy atom. The van der Waals surface area contributed by atoms with Gasteiger partial charge in [0.25, 0.3) is 0 Å². The van der Waals surface area contributed by atoms with E-state index in [1.807, 2.05) is 0 Å². The molecule has 1 heterocycles. The van der Waals surface area contributed by atoms with Gasteiger partial charge >= 0.3 is 13.1 Å². The number of aromatic carboxylic acids is 1. The summed E-state index contributed by atoms with van der Waals surface area (Å²) in [4.78, 5) is 10.6. The Morgan fingerprint density at radius 1 is 1.57 bits per heavy atom. The van der Waals surface area contributed by atoms with Crippen LogP contribution in [-0.2, 0) is 11.3 Å². The number of fused-ring (bicyclic) bond motifs is 1. The van der Waals surface area contributed by atoms with Gasteiger partial charge in [0.05, 0.1) is 12.2 Å². The van der Waals surface area contributed by atoms with Crippen molar-refractivity contribution in [2.75, 3.05) is 0 Å². The predicted octanol–water partition coefficient (Wildman–Crippen LogP) is -0.258. The summed E-state index contributed by atoms with van der Waals surface area (Å²) in [5.74, 6) is -2.19. The lowest BCUT2D eigenvalue weighted by Crippen LogP contribution is -2.28. The zero-order valence-corrected chi connectivity index (χ0v) is 7.03. The molecule has 0 unspecified atom stereocenters. The average molecular weight is 196 g/mol. The highest BCUT2D eigenvalue weighted by atomic mass is 19.1. The predicted molar refractivity (Wildman–Crippen MR) is 45.8 cm³/mol. The highest BCUT2D eigenvalue weighted by Crippen LogP contribution is 2.15. The lowest BCUT2D eigenvalue weighted by atomic mass is 9.79. The largest absolute Gasteiger partial charge is 0.491 e. The molecular weight excluding hydrogens is 190 g/mol. The molecule has 1 aromatic rings. The second-order valence-electron chi connectivity index (χ2n) is 3.00. The van der Waals surface area contributed by atoms with Crippen LogP contribution in [0.25, 0.3) is 0 Å². The first-order chi connectivity index (χ1) is 6.59. The van der Waals surface area contributed by atoms with Crippen LogP contribution in [0.2, 0.25) is 0 Å². The molecule has 2 rings (SSSR count). The van der Waals surface area contributed by atoms with Crippen LogP contribution in [0.15, 0.2) is 12.1 Å². The van der Waals surface area contributed by atoms with Crippen LogP contribution in [0.1, 0.15) is 15.9 Å². The number of carboxylic acid groups (broad SMARTS) is 1. The topological polar surface area (TPSA) is 66.8 Å². The summed E-state index contributed by atoms with van der Waals surface area (Å²) in [6.45, 7) is 0.108. The maximum atomic E-state index is 13.1. The molecule has 1 aromatic carbocycles. The highest BCUT2D eigenvalue weighted by molar-refractivity contribution is 6.61. The van der Waals surface area contributed by atoms with Crippen LogP contribution in [0, 0.1) is 5.82 Å². The molecule has 1 aliphatic rings. The summed E-state index contributed by atoms with van der Waals surface area (Å²) in [5.41, 5.74) is 0.408. The van der Waals surface area contributed by atoms with Gasteiger partial charge in [0.1, 0.15) is 5.82 Å². The van der Waals surface area contributed by atoms with Gasteiger partial charge < -0.3 is 14.8 Å². The van der Waals surface area contributed by atoms with E-state index < -0.39 is 24.5 Å². The Hall–Kier alpha value is -1.40. The van der Waals surface area contributed by atoms with Gasteiger partial charge in [-0.05, 0) is 23.2 Å². The molecule has 0 spiro atoms. The fourth-order valence-corrected chi connectivity index (χ4v) is 1.41. The second-order valence-corrected chi connectivity index (χ2v) is 3.00. The van der Waals surface area contributed by atoms with Crippen molar-refractivity contribution in [3.8, 4) is 0 Å². The van der Waals surface area contributed by atoms with Crippen molar-refractivity contribution >= 4 is 18.6 Å². The van der Waals surface area contributed by atoms with Crippen molar-refractivity contribution in [2.45, 2.75) is 6.61 Å². The number of benzene rings is 1. The Labute approximate surface area is 79.1 Å². The Bertz CT molecular complexity index is 407. The first-order valence-electron chi connectivity index (χ1n) is 3.95. The molecule has 0 fully saturated rings. The van der Waals surface area contributed by atoms with Gasteiger partial charge in [-0.25, -0.2) is 9.18 Å². The average Bonchev–Trinajstić information content (AvgIpc) is 2.46. The van der Waals surface area contributed by atoms with Crippen molar-refractivity contribution < 1.29 is 24.0 Å². The van der Waals surface area contributed by atoms with Crippen molar-refractivity contribution in [2.24, 2.45) is 0 Å². The monoisotopic (exact) mass is 196 g/mol. The third-order valence-electron chi connectivity index (χ3n) is 2.12. The first kappa shape index (κ1) is 9.17. The molecule has 14 heavy (non-hydrogen) atoms. The number of hydrogen-bond donors (Lipinski definition) is 2. The van der Waals surface area contributed by atoms with E-state index in [4.69, 9.17) is 9.76 Å². The SMILES string of the molecule is O=C(O)c1cc2c(cc1F)B(O)OC2. The van der Waals surface area contributed by atoms with E-state index in [2.05, 4.69) is 0 Å². The smallest absolute Gasteiger partial charge is 0.478 e. The van der Waals surface area contributed by atoms with E-state index in [0.717, 1.165) is 6.07 Å². The fraction of sp³-hybridized carbons (Fsp3) is 0.125. The van der Waals surface area contributed by atoms with Gasteiger partial charge in [-0.3, -0.25) is 0 Å². The molecular formula is C8H6BFO4. The molecule has 0 bridgehead atoms. The van der Waals surface area contributed by atoms with Crippen molar-refractivity contribution in [1.29, 1.82) is 0 Å². The van der Waals surface area contributed by atoms with Crippen LogP contribution in [0.4, 0.5) is 4.39 Å². The number of carbonyl (C=O) groups is 1. The van der Waals surface area contributed by atoms with Crippen molar-refractivity contribution in [3.05, 3.63) is 29.1 Å². The summed E-state index contributed by atoms with van der Waals surface area (Å²) >= 11 is 0. The fourth-order valence-electron chi connectivity index (χ4n) is 1.41. The summed E-state index contributed by atoms with van der Waals surface area (Å²) in [6, 6.07) is 2.18. The summed E-state index contributed by atoms with van der Waals surface area (Å²) in [7, 11) is -1.15. The highest BCUT2D eigenvalue weighted by Gasteiger charge is 2.29. The molecule has 0 aromatic heterocycles. The van der Waals surface area contributed by atoms with Gasteiger partial charge in [-0.1, -0.05) is 0 Å². The molecule has 2 N–H and O–H groups in total. The zero-order valence-electron chi connectivity index (χ0n) is 7.03. The van der Waals surface area contributed by atoms with Crippen LogP contribution < -0.4 is 5.46 Å². The van der Waals surface area contributed by atoms with Gasteiger partial charge in [0, 0.05) is 0 Å². The van der Waals surface area contributed by atoms with Crippen molar-refractivity contribution in [1.82, 2.24) is 0 Å². The number of rotatable bonds is 1. The minimum Gasteiger partial charge on any atom is -0.478 e. The molecule has 1 aliphatic heterocycles. The van der Waals surface area contributed by atoms with E-state index in [1.165, 1.54) is 6.07 Å². The summed E-state index contributed by atoms with van der Waals surface area (Å²) < 4.78 is 17.9. The molecule has 0 aliphatic carbocycles. The van der Waals surface area contributed by atoms with E-state index in [9.17, 15) is 14.2 Å². The molecule has 0 radical (unpaired) electrons. The van der Waals surface area contributed by atoms with Crippen molar-refractivity contribution in [3.63, 3.8) is 0 Å². The Balaban J connectivity index is 2.55. The standard InChI is InChI=1S/C8H6BFO4/c10-7-2-6-4(3-14-9(6)13)1-5(7)8(11)12/h1-2,13H,3H2,(H,11,12). The van der Waals surface area contributed by atoms with Crippen LogP contribution in [0.3, 0.4) is 0 Å². The van der Waals surface area contributed by atoms with Crippen LogP contribution in [-0.4, -0.2) is 23.2 Å². The van der Waals surface area contributed by atoms with Gasteiger partial charge in [-0.2, -0.15) is 0 Å². The summed E-state index contributed by atoms with van der Waals surface area (Å²) in [6.07, 6.45) is 0. The minimum absolute atomic E-state index is 0.108. The minimum atomic E-state index is -1.33. The first-order valence-corrected chi connectivity index (χ1v) is 3.95. The normalized spacial score (nSPS) is 14.3. The molecule has 4 nitrogen and oxygen atoms in total. The number of carboxylic acids is 1. The molecule has 72 valence electrons. The molecule has 0 saturated carbocycles. The maximum absolute atomic E-state index is 13.1. The maximum Gasteiger partial charge on any atom is 0.491 e. The Kier molecular flexibility index (Phi) is 2.01.